The fourth-order valence-electron chi connectivity index (χ4n) is 3.52. The Kier molecular flexibility index (Phi) is 7.46. The Morgan fingerprint density at radius 2 is 1.78 bits per heavy atom. The second-order valence-electron chi connectivity index (χ2n) is 8.04. The zero-order chi connectivity index (χ0) is 23.5. The fourth-order valence-corrected chi connectivity index (χ4v) is 4.94. The van der Waals surface area contributed by atoms with Crippen LogP contribution in [0.3, 0.4) is 0 Å². The summed E-state index contributed by atoms with van der Waals surface area (Å²) in [6, 6.07) is 12.0. The molecule has 2 aromatic carbocycles. The van der Waals surface area contributed by atoms with E-state index < -0.39 is 22.1 Å². The molecule has 1 aliphatic rings. The zero-order valence-electron chi connectivity index (χ0n) is 18.3. The number of ether oxygens (including phenoxy) is 1. The predicted octanol–water partition coefficient (Wildman–Crippen LogP) is 3.97. The summed E-state index contributed by atoms with van der Waals surface area (Å²) in [6.07, 6.45) is 0.893. The van der Waals surface area contributed by atoms with Gasteiger partial charge in [-0.15, -0.1) is 0 Å². The summed E-state index contributed by atoms with van der Waals surface area (Å²) < 4.78 is 32.5. The smallest absolute Gasteiger partial charge is 0.338 e. The number of nitrogens with zero attached hydrogens (tertiary/aromatic N) is 2. The molecule has 1 unspecified atom stereocenters. The molecule has 0 saturated carbocycles. The van der Waals surface area contributed by atoms with Crippen molar-refractivity contribution in [1.29, 1.82) is 0 Å². The van der Waals surface area contributed by atoms with Gasteiger partial charge < -0.3 is 9.64 Å². The maximum atomic E-state index is 13.1. The van der Waals surface area contributed by atoms with Crippen LogP contribution in [0.25, 0.3) is 0 Å². The van der Waals surface area contributed by atoms with Crippen molar-refractivity contribution in [2.45, 2.75) is 37.7 Å². The number of rotatable bonds is 6. The van der Waals surface area contributed by atoms with Crippen molar-refractivity contribution in [2.24, 2.45) is 5.92 Å². The molecule has 9 heteroatoms. The van der Waals surface area contributed by atoms with Gasteiger partial charge in [0.05, 0.1) is 16.1 Å². The van der Waals surface area contributed by atoms with Crippen LogP contribution in [0.1, 0.15) is 37.0 Å². The monoisotopic (exact) mass is 478 g/mol. The van der Waals surface area contributed by atoms with Crippen LogP contribution < -0.4 is 4.31 Å². The van der Waals surface area contributed by atoms with E-state index in [-0.39, 0.29) is 16.4 Å². The van der Waals surface area contributed by atoms with Crippen molar-refractivity contribution in [3.05, 3.63) is 59.1 Å². The predicted molar refractivity (Wildman–Crippen MR) is 123 cm³/mol. The number of hydrogen-bond acceptors (Lipinski definition) is 5. The van der Waals surface area contributed by atoms with Gasteiger partial charge in [-0.05, 0) is 62.1 Å². The number of carbonyl (C=O) groups excluding carboxylic acids is 2. The van der Waals surface area contributed by atoms with Crippen molar-refractivity contribution in [2.75, 3.05) is 24.4 Å². The second-order valence-corrected chi connectivity index (χ2v) is 10.4. The van der Waals surface area contributed by atoms with Crippen LogP contribution in [0.2, 0.25) is 5.02 Å². The lowest BCUT2D eigenvalue weighted by atomic mass is 9.99. The number of esters is 1. The summed E-state index contributed by atoms with van der Waals surface area (Å²) in [5, 5.41) is 0.406. The van der Waals surface area contributed by atoms with Gasteiger partial charge in [-0.3, -0.25) is 9.10 Å². The molecule has 0 bridgehead atoms. The number of likely N-dealkylation sites (tertiary alicyclic amines) is 1. The van der Waals surface area contributed by atoms with Crippen LogP contribution in [-0.2, 0) is 19.6 Å². The first-order valence-corrected chi connectivity index (χ1v) is 12.3. The highest BCUT2D eigenvalue weighted by Crippen LogP contribution is 2.25. The lowest BCUT2D eigenvalue weighted by Crippen LogP contribution is -2.44. The number of carbonyl (C=O) groups is 2. The molecule has 1 heterocycles. The van der Waals surface area contributed by atoms with Gasteiger partial charge >= 0.3 is 5.97 Å². The molecule has 172 valence electrons. The Morgan fingerprint density at radius 3 is 2.44 bits per heavy atom. The maximum Gasteiger partial charge on any atom is 0.338 e. The summed E-state index contributed by atoms with van der Waals surface area (Å²) >= 11 is 5.98. The van der Waals surface area contributed by atoms with Gasteiger partial charge in [0.1, 0.15) is 0 Å². The van der Waals surface area contributed by atoms with E-state index in [1.165, 1.54) is 44.3 Å². The highest BCUT2D eigenvalue weighted by Gasteiger charge is 2.28. The van der Waals surface area contributed by atoms with Crippen LogP contribution in [-0.4, -0.2) is 51.4 Å². The van der Waals surface area contributed by atoms with Crippen LogP contribution in [0.4, 0.5) is 5.69 Å². The molecule has 0 radical (unpaired) electrons. The quantitative estimate of drug-likeness (QED) is 0.586. The largest absolute Gasteiger partial charge is 0.449 e. The van der Waals surface area contributed by atoms with Crippen LogP contribution in [0.5, 0.6) is 0 Å². The number of benzene rings is 2. The first-order chi connectivity index (χ1) is 15.1. The van der Waals surface area contributed by atoms with E-state index in [9.17, 15) is 18.0 Å². The molecule has 0 aliphatic carbocycles. The third kappa shape index (κ3) is 5.42. The van der Waals surface area contributed by atoms with Crippen molar-refractivity contribution in [3.8, 4) is 0 Å². The average molecular weight is 479 g/mol. The molecule has 3 rings (SSSR count). The normalized spacial score (nSPS) is 15.8. The molecule has 7 nitrogen and oxygen atoms in total. The molecule has 1 aliphatic heterocycles. The first-order valence-electron chi connectivity index (χ1n) is 10.4. The maximum absolute atomic E-state index is 13.1. The second kappa shape index (κ2) is 9.92. The lowest BCUT2D eigenvalue weighted by Gasteiger charge is -2.31. The van der Waals surface area contributed by atoms with E-state index in [4.69, 9.17) is 16.3 Å². The van der Waals surface area contributed by atoms with E-state index in [1.54, 1.807) is 23.1 Å². The van der Waals surface area contributed by atoms with E-state index in [1.807, 2.05) is 0 Å². The minimum Gasteiger partial charge on any atom is -0.449 e. The topological polar surface area (TPSA) is 84.0 Å². The third-order valence-corrected chi connectivity index (χ3v) is 7.64. The standard InChI is InChI=1S/C23H27ClN2O5S/c1-16-10-12-26(13-11-16)22(27)17(2)31-23(28)18-6-4-9-21(14-18)32(29,30)25(3)20-8-5-7-19(24)15-20/h4-9,14-17H,10-13H2,1-3H3. The average Bonchev–Trinajstić information content (AvgIpc) is 2.78. The highest BCUT2D eigenvalue weighted by molar-refractivity contribution is 7.92. The van der Waals surface area contributed by atoms with Crippen molar-refractivity contribution < 1.29 is 22.7 Å². The Hall–Kier alpha value is -2.58. The summed E-state index contributed by atoms with van der Waals surface area (Å²) in [7, 11) is -2.53. The summed E-state index contributed by atoms with van der Waals surface area (Å²) in [6.45, 7) is 4.97. The van der Waals surface area contributed by atoms with Crippen molar-refractivity contribution in [3.63, 3.8) is 0 Å². The molecule has 0 spiro atoms. The summed E-state index contributed by atoms with van der Waals surface area (Å²) in [5.41, 5.74) is 0.443. The molecule has 0 aromatic heterocycles. The van der Waals surface area contributed by atoms with Crippen molar-refractivity contribution in [1.82, 2.24) is 4.90 Å². The molecule has 0 N–H and O–H groups in total. The highest BCUT2D eigenvalue weighted by atomic mass is 35.5. The van der Waals surface area contributed by atoms with Gasteiger partial charge in [0, 0.05) is 25.2 Å². The van der Waals surface area contributed by atoms with Crippen LogP contribution in [0, 0.1) is 5.92 Å². The van der Waals surface area contributed by atoms with Crippen molar-refractivity contribution >= 4 is 39.2 Å². The van der Waals surface area contributed by atoms with Gasteiger partial charge in [0.15, 0.2) is 6.10 Å². The third-order valence-electron chi connectivity index (χ3n) is 5.63. The van der Waals surface area contributed by atoms with Crippen LogP contribution >= 0.6 is 11.6 Å². The SMILES string of the molecule is CC1CCN(C(=O)C(C)OC(=O)c2cccc(S(=O)(=O)N(C)c3cccc(Cl)c3)c2)CC1. The Balaban J connectivity index is 1.73. The number of amides is 1. The van der Waals surface area contributed by atoms with E-state index in [2.05, 4.69) is 6.92 Å². The Bertz CT molecular complexity index is 1100. The van der Waals surface area contributed by atoms with Crippen LogP contribution in [0.15, 0.2) is 53.4 Å². The van der Waals surface area contributed by atoms with Gasteiger partial charge in [-0.1, -0.05) is 30.7 Å². The number of hydrogen-bond donors (Lipinski definition) is 0. The summed E-state index contributed by atoms with van der Waals surface area (Å²) in [5.74, 6) is -0.417. The van der Waals surface area contributed by atoms with E-state index in [0.717, 1.165) is 17.1 Å². The summed E-state index contributed by atoms with van der Waals surface area (Å²) in [4.78, 5) is 26.9. The Labute approximate surface area is 194 Å². The molecule has 1 saturated heterocycles. The molecule has 1 atom stereocenters. The molecule has 32 heavy (non-hydrogen) atoms. The van der Waals surface area contributed by atoms with E-state index in [0.29, 0.717) is 29.7 Å². The molecule has 2 aromatic rings. The minimum absolute atomic E-state index is 0.0532. The minimum atomic E-state index is -3.94. The van der Waals surface area contributed by atoms with Gasteiger partial charge in [-0.2, -0.15) is 0 Å². The van der Waals surface area contributed by atoms with Gasteiger partial charge in [-0.25, -0.2) is 13.2 Å². The van der Waals surface area contributed by atoms with Gasteiger partial charge in [0.25, 0.3) is 15.9 Å². The molecular weight excluding hydrogens is 452 g/mol. The molecule has 1 amide bonds. The molecular formula is C23H27ClN2O5S. The molecule has 1 fully saturated rings. The first kappa shape index (κ1) is 24.1. The number of piperidine rings is 1. The number of halogens is 1. The number of sulfonamides is 1. The van der Waals surface area contributed by atoms with E-state index >= 15 is 0 Å². The Morgan fingerprint density at radius 1 is 1.12 bits per heavy atom. The lowest BCUT2D eigenvalue weighted by molar-refractivity contribution is -0.141. The van der Waals surface area contributed by atoms with Gasteiger partial charge in [0.2, 0.25) is 0 Å². The number of anilines is 1. The fraction of sp³-hybridized carbons (Fsp3) is 0.391. The zero-order valence-corrected chi connectivity index (χ0v) is 19.9.